The van der Waals surface area contributed by atoms with Crippen molar-refractivity contribution in [2.45, 2.75) is 17.9 Å². The van der Waals surface area contributed by atoms with E-state index >= 15 is 0 Å². The minimum atomic E-state index is -0.960. The predicted octanol–water partition coefficient (Wildman–Crippen LogP) is 1.15. The number of benzene rings is 1. The second-order valence-corrected chi connectivity index (χ2v) is 5.24. The number of nitrogens with two attached hydrogens (primary N) is 1. The molecule has 1 aromatic carbocycles. The summed E-state index contributed by atoms with van der Waals surface area (Å²) >= 11 is 0. The fraction of sp³-hybridized carbons (Fsp3) is 0.364. The van der Waals surface area contributed by atoms with E-state index in [-0.39, 0.29) is 5.25 Å². The molecular weight excluding hydrogens is 208 g/mol. The summed E-state index contributed by atoms with van der Waals surface area (Å²) < 4.78 is 11.7. The summed E-state index contributed by atoms with van der Waals surface area (Å²) in [5, 5.41) is 8.70. The van der Waals surface area contributed by atoms with Gasteiger partial charge in [-0.2, -0.15) is 5.26 Å². The van der Waals surface area contributed by atoms with Crippen molar-refractivity contribution in [1.82, 2.24) is 0 Å². The maximum Gasteiger partial charge on any atom is 0.0991 e. The van der Waals surface area contributed by atoms with Crippen molar-refractivity contribution in [3.8, 4) is 6.07 Å². The molecule has 0 radical (unpaired) electrons. The van der Waals surface area contributed by atoms with Gasteiger partial charge in [0.25, 0.3) is 0 Å². The molecule has 1 rings (SSSR count). The second kappa shape index (κ2) is 5.64. The van der Waals surface area contributed by atoms with Crippen LogP contribution in [0.25, 0.3) is 0 Å². The van der Waals surface area contributed by atoms with Crippen LogP contribution in [0.15, 0.2) is 24.3 Å². The largest absolute Gasteiger partial charge is 0.329 e. The summed E-state index contributed by atoms with van der Waals surface area (Å²) in [6.07, 6.45) is 0. The van der Waals surface area contributed by atoms with Crippen LogP contribution in [-0.2, 0) is 16.6 Å². The molecule has 0 aliphatic heterocycles. The zero-order valence-corrected chi connectivity index (χ0v) is 9.46. The molecule has 1 aromatic rings. The van der Waals surface area contributed by atoms with Crippen LogP contribution in [0.1, 0.15) is 18.1 Å². The lowest BCUT2D eigenvalue weighted by Gasteiger charge is -2.08. The Hall–Kier alpha value is -1.18. The molecule has 0 spiro atoms. The zero-order chi connectivity index (χ0) is 11.3. The van der Waals surface area contributed by atoms with Crippen molar-refractivity contribution in [2.24, 2.45) is 5.73 Å². The third-order valence-electron chi connectivity index (χ3n) is 2.15. The van der Waals surface area contributed by atoms with E-state index in [0.717, 1.165) is 5.56 Å². The van der Waals surface area contributed by atoms with Crippen LogP contribution >= 0.6 is 0 Å². The van der Waals surface area contributed by atoms with Crippen LogP contribution in [-0.4, -0.2) is 16.0 Å². The van der Waals surface area contributed by atoms with Gasteiger partial charge in [-0.25, -0.2) is 0 Å². The van der Waals surface area contributed by atoms with E-state index in [1.54, 1.807) is 18.2 Å². The smallest absolute Gasteiger partial charge is 0.0991 e. The van der Waals surface area contributed by atoms with Crippen LogP contribution in [0.3, 0.4) is 0 Å². The first-order chi connectivity index (χ1) is 7.17. The van der Waals surface area contributed by atoms with Gasteiger partial charge in [-0.15, -0.1) is 0 Å². The number of hydrogen-bond acceptors (Lipinski definition) is 3. The Morgan fingerprint density at radius 2 is 2.33 bits per heavy atom. The lowest BCUT2D eigenvalue weighted by atomic mass is 10.2. The first kappa shape index (κ1) is 11.9. The molecule has 2 N–H and O–H groups in total. The minimum absolute atomic E-state index is 0.00394. The maximum absolute atomic E-state index is 11.7. The van der Waals surface area contributed by atoms with Gasteiger partial charge in [0.05, 0.1) is 11.6 Å². The molecule has 0 aliphatic rings. The molecule has 2 unspecified atom stereocenters. The molecule has 0 bridgehead atoms. The molecule has 2 atom stereocenters. The van der Waals surface area contributed by atoms with Gasteiger partial charge in [-0.05, 0) is 24.6 Å². The van der Waals surface area contributed by atoms with Gasteiger partial charge in [0.1, 0.15) is 0 Å². The van der Waals surface area contributed by atoms with Crippen molar-refractivity contribution in [3.63, 3.8) is 0 Å². The standard InChI is InChI=1S/C11H14N2OS/c1-9(6-12)15(14)8-11-4-2-3-10(5-11)7-13/h2-5,9H,6,8,12H2,1H3. The third kappa shape index (κ3) is 3.46. The van der Waals surface area contributed by atoms with Crippen LogP contribution in [0.5, 0.6) is 0 Å². The molecular formula is C11H14N2OS. The lowest BCUT2D eigenvalue weighted by molar-refractivity contribution is 0.672. The Bertz CT molecular complexity index is 398. The van der Waals surface area contributed by atoms with Gasteiger partial charge in [0.15, 0.2) is 0 Å². The molecule has 3 nitrogen and oxygen atoms in total. The Kier molecular flexibility index (Phi) is 4.47. The van der Waals surface area contributed by atoms with Crippen LogP contribution in [0.2, 0.25) is 0 Å². The Morgan fingerprint density at radius 1 is 1.60 bits per heavy atom. The van der Waals surface area contributed by atoms with Crippen LogP contribution in [0, 0.1) is 11.3 Å². The predicted molar refractivity (Wildman–Crippen MR) is 61.5 cm³/mol. The van der Waals surface area contributed by atoms with E-state index in [1.165, 1.54) is 0 Å². The van der Waals surface area contributed by atoms with E-state index < -0.39 is 10.8 Å². The fourth-order valence-corrected chi connectivity index (χ4v) is 2.15. The van der Waals surface area contributed by atoms with Gasteiger partial charge < -0.3 is 5.73 Å². The topological polar surface area (TPSA) is 66.9 Å². The van der Waals surface area contributed by atoms with Crippen LogP contribution in [0.4, 0.5) is 0 Å². The van der Waals surface area contributed by atoms with Crippen LogP contribution < -0.4 is 5.73 Å². The average Bonchev–Trinajstić information content (AvgIpc) is 2.28. The van der Waals surface area contributed by atoms with E-state index in [0.29, 0.717) is 17.9 Å². The SMILES string of the molecule is CC(CN)S(=O)Cc1cccc(C#N)c1. The van der Waals surface area contributed by atoms with E-state index in [1.807, 2.05) is 13.0 Å². The molecule has 0 aromatic heterocycles. The monoisotopic (exact) mass is 222 g/mol. The minimum Gasteiger partial charge on any atom is -0.329 e. The first-order valence-electron chi connectivity index (χ1n) is 4.73. The normalized spacial score (nSPS) is 14.2. The van der Waals surface area contributed by atoms with Crippen molar-refractivity contribution < 1.29 is 4.21 Å². The number of rotatable bonds is 4. The average molecular weight is 222 g/mol. The third-order valence-corrected chi connectivity index (χ3v) is 3.85. The number of nitrogens with zero attached hydrogens (tertiary/aromatic N) is 1. The zero-order valence-electron chi connectivity index (χ0n) is 8.64. The lowest BCUT2D eigenvalue weighted by Crippen LogP contribution is -2.22. The van der Waals surface area contributed by atoms with Crippen molar-refractivity contribution >= 4 is 10.8 Å². The van der Waals surface area contributed by atoms with Gasteiger partial charge in [-0.3, -0.25) is 4.21 Å². The first-order valence-corrected chi connectivity index (χ1v) is 6.12. The highest BCUT2D eigenvalue weighted by atomic mass is 32.2. The highest BCUT2D eigenvalue weighted by Gasteiger charge is 2.09. The second-order valence-electron chi connectivity index (χ2n) is 3.38. The Morgan fingerprint density at radius 3 is 2.93 bits per heavy atom. The van der Waals surface area contributed by atoms with E-state index in [9.17, 15) is 4.21 Å². The molecule has 0 heterocycles. The molecule has 80 valence electrons. The summed E-state index contributed by atoms with van der Waals surface area (Å²) in [7, 11) is -0.960. The molecule has 0 aliphatic carbocycles. The maximum atomic E-state index is 11.7. The molecule has 0 saturated carbocycles. The Labute approximate surface area is 92.4 Å². The fourth-order valence-electron chi connectivity index (χ4n) is 1.14. The highest BCUT2D eigenvalue weighted by Crippen LogP contribution is 2.09. The quantitative estimate of drug-likeness (QED) is 0.831. The van der Waals surface area contributed by atoms with Crippen molar-refractivity contribution in [3.05, 3.63) is 35.4 Å². The molecule has 0 amide bonds. The summed E-state index contributed by atoms with van der Waals surface area (Å²) in [5.41, 5.74) is 6.96. The summed E-state index contributed by atoms with van der Waals surface area (Å²) in [4.78, 5) is 0. The molecule has 4 heteroatoms. The van der Waals surface area contributed by atoms with Gasteiger partial charge in [0, 0.05) is 28.3 Å². The van der Waals surface area contributed by atoms with Gasteiger partial charge in [0.2, 0.25) is 0 Å². The van der Waals surface area contributed by atoms with Gasteiger partial charge >= 0.3 is 0 Å². The van der Waals surface area contributed by atoms with Crippen molar-refractivity contribution in [2.75, 3.05) is 6.54 Å². The van der Waals surface area contributed by atoms with Gasteiger partial charge in [-0.1, -0.05) is 12.1 Å². The van der Waals surface area contributed by atoms with E-state index in [2.05, 4.69) is 6.07 Å². The Balaban J connectivity index is 2.73. The molecule has 15 heavy (non-hydrogen) atoms. The van der Waals surface area contributed by atoms with Crippen molar-refractivity contribution in [1.29, 1.82) is 5.26 Å². The molecule has 0 fully saturated rings. The van der Waals surface area contributed by atoms with E-state index in [4.69, 9.17) is 11.0 Å². The summed E-state index contributed by atoms with van der Waals surface area (Å²) in [5.74, 6) is 0.466. The molecule has 0 saturated heterocycles. The summed E-state index contributed by atoms with van der Waals surface area (Å²) in [6, 6.07) is 9.24. The highest BCUT2D eigenvalue weighted by molar-refractivity contribution is 7.84. The summed E-state index contributed by atoms with van der Waals surface area (Å²) in [6.45, 7) is 2.29. The number of hydrogen-bond donors (Lipinski definition) is 1. The number of nitriles is 1.